The number of hydrogen-bond acceptors (Lipinski definition) is 0. The summed E-state index contributed by atoms with van der Waals surface area (Å²) in [6.07, 6.45) is 13.0. The summed E-state index contributed by atoms with van der Waals surface area (Å²) in [6, 6.07) is 0. The monoisotopic (exact) mass is 240 g/mol. The lowest BCUT2D eigenvalue weighted by atomic mass is 9.92. The largest absolute Gasteiger partial charge is 0.0654 e. The van der Waals surface area contributed by atoms with Crippen LogP contribution in [0.25, 0.3) is 0 Å². The Morgan fingerprint density at radius 2 is 1.18 bits per heavy atom. The van der Waals surface area contributed by atoms with Crippen LogP contribution in [0.15, 0.2) is 0 Å². The molecule has 0 aliphatic carbocycles. The average Bonchev–Trinajstić information content (AvgIpc) is 2.27. The first-order valence-corrected chi connectivity index (χ1v) is 8.07. The SMILES string of the molecule is CCCC(C)CCCCCCCC(C)C(C)C. The summed E-state index contributed by atoms with van der Waals surface area (Å²) in [4.78, 5) is 0. The van der Waals surface area contributed by atoms with Gasteiger partial charge in [-0.05, 0) is 17.8 Å². The van der Waals surface area contributed by atoms with Crippen molar-refractivity contribution in [3.8, 4) is 0 Å². The molecule has 0 aliphatic rings. The second-order valence-electron chi connectivity index (χ2n) is 6.46. The summed E-state index contributed by atoms with van der Waals surface area (Å²) >= 11 is 0. The van der Waals surface area contributed by atoms with Gasteiger partial charge in [-0.3, -0.25) is 0 Å². The van der Waals surface area contributed by atoms with Crippen molar-refractivity contribution in [2.45, 2.75) is 92.4 Å². The molecule has 0 aromatic heterocycles. The van der Waals surface area contributed by atoms with E-state index in [0.717, 1.165) is 17.8 Å². The lowest BCUT2D eigenvalue weighted by Gasteiger charge is -2.14. The van der Waals surface area contributed by atoms with E-state index in [2.05, 4.69) is 34.6 Å². The van der Waals surface area contributed by atoms with E-state index in [-0.39, 0.29) is 0 Å². The van der Waals surface area contributed by atoms with Crippen molar-refractivity contribution in [1.82, 2.24) is 0 Å². The topological polar surface area (TPSA) is 0 Å². The molecule has 104 valence electrons. The fourth-order valence-electron chi connectivity index (χ4n) is 2.46. The van der Waals surface area contributed by atoms with E-state index < -0.39 is 0 Å². The Morgan fingerprint density at radius 3 is 1.71 bits per heavy atom. The van der Waals surface area contributed by atoms with Crippen LogP contribution in [0.1, 0.15) is 92.4 Å². The van der Waals surface area contributed by atoms with E-state index in [1.165, 1.54) is 57.8 Å². The zero-order valence-corrected chi connectivity index (χ0v) is 13.1. The molecule has 0 saturated carbocycles. The Kier molecular flexibility index (Phi) is 11.1. The third-order valence-electron chi connectivity index (χ3n) is 4.28. The van der Waals surface area contributed by atoms with Crippen LogP contribution in [0.3, 0.4) is 0 Å². The van der Waals surface area contributed by atoms with Gasteiger partial charge in [-0.2, -0.15) is 0 Å². The summed E-state index contributed by atoms with van der Waals surface area (Å²) in [5.41, 5.74) is 0. The van der Waals surface area contributed by atoms with Gasteiger partial charge >= 0.3 is 0 Å². The highest BCUT2D eigenvalue weighted by Crippen LogP contribution is 2.19. The molecule has 0 rings (SSSR count). The minimum Gasteiger partial charge on any atom is -0.0654 e. The van der Waals surface area contributed by atoms with Crippen molar-refractivity contribution in [1.29, 1.82) is 0 Å². The molecule has 0 heterocycles. The molecule has 0 fully saturated rings. The molecular weight excluding hydrogens is 204 g/mol. The minimum absolute atomic E-state index is 0.866. The van der Waals surface area contributed by atoms with Crippen LogP contribution in [0.2, 0.25) is 0 Å². The van der Waals surface area contributed by atoms with E-state index in [0.29, 0.717) is 0 Å². The molecule has 2 atom stereocenters. The predicted octanol–water partition coefficient (Wildman–Crippen LogP) is 6.45. The quantitative estimate of drug-likeness (QED) is 0.364. The van der Waals surface area contributed by atoms with E-state index in [1.807, 2.05) is 0 Å². The van der Waals surface area contributed by atoms with Gasteiger partial charge in [-0.25, -0.2) is 0 Å². The molecule has 0 radical (unpaired) electrons. The lowest BCUT2D eigenvalue weighted by molar-refractivity contribution is 0.373. The van der Waals surface area contributed by atoms with Gasteiger partial charge in [0.1, 0.15) is 0 Å². The highest BCUT2D eigenvalue weighted by Gasteiger charge is 2.06. The van der Waals surface area contributed by atoms with Crippen LogP contribution < -0.4 is 0 Å². The van der Waals surface area contributed by atoms with Gasteiger partial charge < -0.3 is 0 Å². The van der Waals surface area contributed by atoms with E-state index in [1.54, 1.807) is 0 Å². The van der Waals surface area contributed by atoms with Gasteiger partial charge in [-0.1, -0.05) is 92.4 Å². The van der Waals surface area contributed by atoms with Gasteiger partial charge in [0, 0.05) is 0 Å². The number of hydrogen-bond donors (Lipinski definition) is 0. The molecule has 0 nitrogen and oxygen atoms in total. The minimum atomic E-state index is 0.866. The van der Waals surface area contributed by atoms with Crippen molar-refractivity contribution in [3.63, 3.8) is 0 Å². The molecule has 0 amide bonds. The second kappa shape index (κ2) is 11.1. The van der Waals surface area contributed by atoms with Crippen molar-refractivity contribution in [2.75, 3.05) is 0 Å². The highest BCUT2D eigenvalue weighted by atomic mass is 14.1. The van der Waals surface area contributed by atoms with Gasteiger partial charge in [0.25, 0.3) is 0 Å². The van der Waals surface area contributed by atoms with Gasteiger partial charge in [-0.15, -0.1) is 0 Å². The second-order valence-corrected chi connectivity index (χ2v) is 6.46. The fourth-order valence-corrected chi connectivity index (χ4v) is 2.46. The third kappa shape index (κ3) is 10.9. The van der Waals surface area contributed by atoms with Crippen LogP contribution in [-0.4, -0.2) is 0 Å². The summed E-state index contributed by atoms with van der Waals surface area (Å²) < 4.78 is 0. The summed E-state index contributed by atoms with van der Waals surface area (Å²) in [7, 11) is 0. The molecule has 0 aromatic carbocycles. The first-order chi connectivity index (χ1) is 8.07. The first-order valence-electron chi connectivity index (χ1n) is 8.07. The maximum atomic E-state index is 2.41. The molecule has 0 heteroatoms. The Bertz CT molecular complexity index is 148. The average molecular weight is 240 g/mol. The highest BCUT2D eigenvalue weighted by molar-refractivity contribution is 4.58. The Balaban J connectivity index is 3.19. The smallest absolute Gasteiger partial charge is 0.0420 e. The summed E-state index contributed by atoms with van der Waals surface area (Å²) in [6.45, 7) is 11.8. The van der Waals surface area contributed by atoms with Gasteiger partial charge in [0.05, 0.1) is 0 Å². The van der Waals surface area contributed by atoms with Gasteiger partial charge in [0.2, 0.25) is 0 Å². The molecule has 17 heavy (non-hydrogen) atoms. The van der Waals surface area contributed by atoms with Crippen LogP contribution in [0.5, 0.6) is 0 Å². The fraction of sp³-hybridized carbons (Fsp3) is 1.00. The van der Waals surface area contributed by atoms with Crippen molar-refractivity contribution < 1.29 is 0 Å². The molecule has 0 N–H and O–H groups in total. The van der Waals surface area contributed by atoms with Crippen LogP contribution in [0, 0.1) is 17.8 Å². The molecule has 0 bridgehead atoms. The Hall–Kier alpha value is 0. The molecule has 0 saturated heterocycles. The van der Waals surface area contributed by atoms with Crippen LogP contribution in [0.4, 0.5) is 0 Å². The normalized spacial score (nSPS) is 15.2. The van der Waals surface area contributed by atoms with Crippen molar-refractivity contribution >= 4 is 0 Å². The maximum Gasteiger partial charge on any atom is -0.0420 e. The lowest BCUT2D eigenvalue weighted by Crippen LogP contribution is -2.03. The summed E-state index contributed by atoms with van der Waals surface area (Å²) in [5, 5.41) is 0. The van der Waals surface area contributed by atoms with Crippen molar-refractivity contribution in [2.24, 2.45) is 17.8 Å². The van der Waals surface area contributed by atoms with Crippen LogP contribution in [-0.2, 0) is 0 Å². The van der Waals surface area contributed by atoms with Gasteiger partial charge in [0.15, 0.2) is 0 Å². The third-order valence-corrected chi connectivity index (χ3v) is 4.28. The molecule has 0 aliphatic heterocycles. The molecule has 0 spiro atoms. The zero-order valence-electron chi connectivity index (χ0n) is 13.1. The first kappa shape index (κ1) is 17.0. The molecule has 2 unspecified atom stereocenters. The van der Waals surface area contributed by atoms with Crippen LogP contribution >= 0.6 is 0 Å². The standard InChI is InChI=1S/C17H36/c1-6-12-16(4)13-10-8-7-9-11-14-17(5)15(2)3/h15-17H,6-14H2,1-5H3. The number of unbranched alkanes of at least 4 members (excludes halogenated alkanes) is 4. The molecular formula is C17H36. The Labute approximate surface area is 111 Å². The Morgan fingerprint density at radius 1 is 0.647 bits per heavy atom. The van der Waals surface area contributed by atoms with E-state index >= 15 is 0 Å². The van der Waals surface area contributed by atoms with E-state index in [9.17, 15) is 0 Å². The molecule has 0 aromatic rings. The zero-order chi connectivity index (χ0) is 13.1. The van der Waals surface area contributed by atoms with E-state index in [4.69, 9.17) is 0 Å². The summed E-state index contributed by atoms with van der Waals surface area (Å²) in [5.74, 6) is 2.74. The number of rotatable bonds is 11. The maximum absolute atomic E-state index is 2.41. The predicted molar refractivity (Wildman–Crippen MR) is 80.4 cm³/mol. The van der Waals surface area contributed by atoms with Crippen molar-refractivity contribution in [3.05, 3.63) is 0 Å².